The number of halogens is 3. The SMILES string of the molecule is Cc1nnc(Cl)c(-c2ncccc2Cl)c1-c1ccc(Cl)cc1. The average molecular weight is 351 g/mol. The highest BCUT2D eigenvalue weighted by Crippen LogP contribution is 2.39. The van der Waals surface area contributed by atoms with Crippen molar-refractivity contribution in [1.29, 1.82) is 0 Å². The molecule has 0 aliphatic carbocycles. The molecule has 0 radical (unpaired) electrons. The Hall–Kier alpha value is -1.68. The van der Waals surface area contributed by atoms with Gasteiger partial charge in [-0.15, -0.1) is 5.10 Å². The molecule has 0 atom stereocenters. The smallest absolute Gasteiger partial charge is 0.161 e. The van der Waals surface area contributed by atoms with Crippen LogP contribution < -0.4 is 0 Å². The lowest BCUT2D eigenvalue weighted by molar-refractivity contribution is 0.984. The standard InChI is InChI=1S/C16H10Cl3N3/c1-9-13(10-4-6-11(17)7-5-10)14(16(19)22-21-9)15-12(18)3-2-8-20-15/h2-8H,1H3. The third-order valence-electron chi connectivity index (χ3n) is 3.23. The van der Waals surface area contributed by atoms with E-state index < -0.39 is 0 Å². The maximum absolute atomic E-state index is 6.29. The molecular formula is C16H10Cl3N3. The van der Waals surface area contributed by atoms with Crippen molar-refractivity contribution >= 4 is 34.8 Å². The summed E-state index contributed by atoms with van der Waals surface area (Å²) in [5.74, 6) is 0. The number of hydrogen-bond donors (Lipinski definition) is 0. The van der Waals surface area contributed by atoms with Crippen LogP contribution in [-0.2, 0) is 0 Å². The second-order valence-electron chi connectivity index (χ2n) is 4.67. The van der Waals surface area contributed by atoms with Crippen molar-refractivity contribution in [3.63, 3.8) is 0 Å². The van der Waals surface area contributed by atoms with Crippen LogP contribution in [-0.4, -0.2) is 15.2 Å². The topological polar surface area (TPSA) is 38.7 Å². The zero-order chi connectivity index (χ0) is 15.7. The van der Waals surface area contributed by atoms with Crippen LogP contribution in [0.1, 0.15) is 5.69 Å². The summed E-state index contributed by atoms with van der Waals surface area (Å²) in [7, 11) is 0. The molecule has 1 aromatic carbocycles. The Balaban J connectivity index is 2.33. The Morgan fingerprint density at radius 2 is 1.59 bits per heavy atom. The van der Waals surface area contributed by atoms with Crippen LogP contribution in [0, 0.1) is 6.92 Å². The number of pyridine rings is 1. The fourth-order valence-corrected chi connectivity index (χ4v) is 2.82. The first kappa shape index (κ1) is 15.2. The first-order valence-electron chi connectivity index (χ1n) is 6.47. The summed E-state index contributed by atoms with van der Waals surface area (Å²) in [6.07, 6.45) is 1.67. The fourth-order valence-electron chi connectivity index (χ4n) is 2.26. The van der Waals surface area contributed by atoms with Crippen molar-refractivity contribution in [2.75, 3.05) is 0 Å². The lowest BCUT2D eigenvalue weighted by atomic mass is 9.97. The molecule has 3 rings (SSSR count). The van der Waals surface area contributed by atoms with Crippen molar-refractivity contribution < 1.29 is 0 Å². The largest absolute Gasteiger partial charge is 0.255 e. The van der Waals surface area contributed by atoms with E-state index in [9.17, 15) is 0 Å². The molecule has 0 aliphatic heterocycles. The van der Waals surface area contributed by atoms with Crippen molar-refractivity contribution in [3.05, 3.63) is 63.5 Å². The molecule has 0 spiro atoms. The molecule has 0 fully saturated rings. The van der Waals surface area contributed by atoms with Gasteiger partial charge in [-0.3, -0.25) is 4.98 Å². The van der Waals surface area contributed by atoms with E-state index in [1.807, 2.05) is 31.2 Å². The van der Waals surface area contributed by atoms with Crippen LogP contribution in [0.4, 0.5) is 0 Å². The van der Waals surface area contributed by atoms with Gasteiger partial charge in [0.05, 0.1) is 22.0 Å². The number of benzene rings is 1. The molecule has 0 aliphatic rings. The summed E-state index contributed by atoms with van der Waals surface area (Å²) in [6.45, 7) is 1.87. The van der Waals surface area contributed by atoms with E-state index in [4.69, 9.17) is 34.8 Å². The lowest BCUT2D eigenvalue weighted by Crippen LogP contribution is -1.99. The van der Waals surface area contributed by atoms with Gasteiger partial charge in [-0.1, -0.05) is 46.9 Å². The quantitative estimate of drug-likeness (QED) is 0.614. The van der Waals surface area contributed by atoms with E-state index in [1.54, 1.807) is 18.3 Å². The van der Waals surface area contributed by atoms with Gasteiger partial charge in [0.25, 0.3) is 0 Å². The average Bonchev–Trinajstić information content (AvgIpc) is 2.51. The summed E-state index contributed by atoms with van der Waals surface area (Å²) < 4.78 is 0. The summed E-state index contributed by atoms with van der Waals surface area (Å²) in [5, 5.41) is 9.52. The molecule has 0 amide bonds. The predicted octanol–water partition coefficient (Wildman–Crippen LogP) is 5.47. The Kier molecular flexibility index (Phi) is 4.30. The van der Waals surface area contributed by atoms with E-state index in [-0.39, 0.29) is 5.15 Å². The Bertz CT molecular complexity index is 833. The van der Waals surface area contributed by atoms with E-state index in [2.05, 4.69) is 15.2 Å². The third-order valence-corrected chi connectivity index (χ3v) is 4.06. The molecule has 110 valence electrons. The van der Waals surface area contributed by atoms with Crippen molar-refractivity contribution in [3.8, 4) is 22.4 Å². The van der Waals surface area contributed by atoms with Crippen LogP contribution in [0.2, 0.25) is 15.2 Å². The normalized spacial score (nSPS) is 10.7. The minimum absolute atomic E-state index is 0.260. The first-order valence-corrected chi connectivity index (χ1v) is 7.61. The van der Waals surface area contributed by atoms with Gasteiger partial charge >= 0.3 is 0 Å². The van der Waals surface area contributed by atoms with E-state index in [1.165, 1.54) is 0 Å². The highest BCUT2D eigenvalue weighted by Gasteiger charge is 2.19. The van der Waals surface area contributed by atoms with E-state index in [0.717, 1.165) is 16.8 Å². The van der Waals surface area contributed by atoms with Crippen LogP contribution in [0.3, 0.4) is 0 Å². The second kappa shape index (κ2) is 6.21. The number of aromatic nitrogens is 3. The van der Waals surface area contributed by atoms with E-state index >= 15 is 0 Å². The van der Waals surface area contributed by atoms with Gasteiger partial charge in [0.15, 0.2) is 5.15 Å². The van der Waals surface area contributed by atoms with Crippen molar-refractivity contribution in [2.24, 2.45) is 0 Å². The number of hydrogen-bond acceptors (Lipinski definition) is 3. The van der Waals surface area contributed by atoms with Gasteiger partial charge in [-0.2, -0.15) is 5.10 Å². The molecule has 3 aromatic rings. The van der Waals surface area contributed by atoms with Gasteiger partial charge in [0.1, 0.15) is 0 Å². The molecule has 6 heteroatoms. The maximum Gasteiger partial charge on any atom is 0.161 e. The van der Waals surface area contributed by atoms with Crippen LogP contribution in [0.5, 0.6) is 0 Å². The molecule has 0 saturated carbocycles. The minimum Gasteiger partial charge on any atom is -0.255 e. The summed E-state index contributed by atoms with van der Waals surface area (Å²) >= 11 is 18.5. The molecule has 3 nitrogen and oxygen atoms in total. The zero-order valence-electron chi connectivity index (χ0n) is 11.5. The lowest BCUT2D eigenvalue weighted by Gasteiger charge is -2.13. The number of aryl methyl sites for hydroxylation is 1. The van der Waals surface area contributed by atoms with Gasteiger partial charge < -0.3 is 0 Å². The van der Waals surface area contributed by atoms with Crippen LogP contribution >= 0.6 is 34.8 Å². The Labute approximate surface area is 142 Å². The number of rotatable bonds is 2. The summed E-state index contributed by atoms with van der Waals surface area (Å²) in [5.41, 5.74) is 3.76. The molecule has 2 aromatic heterocycles. The van der Waals surface area contributed by atoms with Gasteiger partial charge in [-0.05, 0) is 36.8 Å². The maximum atomic E-state index is 6.29. The summed E-state index contributed by atoms with van der Waals surface area (Å²) in [4.78, 5) is 4.34. The van der Waals surface area contributed by atoms with E-state index in [0.29, 0.717) is 21.3 Å². The number of nitrogens with zero attached hydrogens (tertiary/aromatic N) is 3. The Morgan fingerprint density at radius 1 is 0.864 bits per heavy atom. The molecule has 0 saturated heterocycles. The van der Waals surface area contributed by atoms with Crippen LogP contribution in [0.25, 0.3) is 22.4 Å². The Morgan fingerprint density at radius 3 is 2.27 bits per heavy atom. The van der Waals surface area contributed by atoms with Gasteiger partial charge in [0.2, 0.25) is 0 Å². The second-order valence-corrected chi connectivity index (χ2v) is 5.87. The molecule has 2 heterocycles. The predicted molar refractivity (Wildman–Crippen MR) is 90.5 cm³/mol. The van der Waals surface area contributed by atoms with Crippen LogP contribution in [0.15, 0.2) is 42.6 Å². The molecule has 0 N–H and O–H groups in total. The molecule has 22 heavy (non-hydrogen) atoms. The first-order chi connectivity index (χ1) is 10.6. The zero-order valence-corrected chi connectivity index (χ0v) is 13.8. The fraction of sp³-hybridized carbons (Fsp3) is 0.0625. The highest BCUT2D eigenvalue weighted by atomic mass is 35.5. The van der Waals surface area contributed by atoms with Gasteiger partial charge in [0, 0.05) is 16.8 Å². The van der Waals surface area contributed by atoms with Crippen molar-refractivity contribution in [2.45, 2.75) is 6.92 Å². The highest BCUT2D eigenvalue weighted by molar-refractivity contribution is 6.36. The molecule has 0 bridgehead atoms. The van der Waals surface area contributed by atoms with Gasteiger partial charge in [-0.25, -0.2) is 0 Å². The minimum atomic E-state index is 0.260. The van der Waals surface area contributed by atoms with Crippen molar-refractivity contribution in [1.82, 2.24) is 15.2 Å². The monoisotopic (exact) mass is 349 g/mol. The molecular weight excluding hydrogens is 341 g/mol. The molecule has 0 unspecified atom stereocenters. The third kappa shape index (κ3) is 2.80. The summed E-state index contributed by atoms with van der Waals surface area (Å²) in [6, 6.07) is 11.0.